The van der Waals surface area contributed by atoms with Crippen LogP contribution in [0, 0.1) is 0 Å². The molecule has 1 fully saturated rings. The van der Waals surface area contributed by atoms with E-state index in [1.165, 1.54) is 11.1 Å². The molecule has 0 bridgehead atoms. The van der Waals surface area contributed by atoms with Gasteiger partial charge in [0, 0.05) is 53.8 Å². The van der Waals surface area contributed by atoms with E-state index in [0.29, 0.717) is 6.61 Å². The Balaban J connectivity index is 1.25. The number of anilines is 3. The molecule has 0 saturated carbocycles. The van der Waals surface area contributed by atoms with Crippen molar-refractivity contribution in [1.82, 2.24) is 9.80 Å². The summed E-state index contributed by atoms with van der Waals surface area (Å²) in [5, 5.41) is 0. The molecule has 0 atom stereocenters. The molecule has 5 heteroatoms. The van der Waals surface area contributed by atoms with Crippen LogP contribution in [0.25, 0.3) is 11.1 Å². The van der Waals surface area contributed by atoms with Gasteiger partial charge in [0.15, 0.2) is 0 Å². The zero-order valence-electron chi connectivity index (χ0n) is 25.3. The maximum atomic E-state index is 6.16. The minimum absolute atomic E-state index is 0.144. The Morgan fingerprint density at radius 1 is 0.659 bits per heavy atom. The molecule has 0 unspecified atom stereocenters. The molecule has 5 rings (SSSR count). The number of piperazine rings is 1. The minimum Gasteiger partial charge on any atom is -0.497 e. The number of rotatable bonds is 9. The average molecular weight is 550 g/mol. The van der Waals surface area contributed by atoms with Crippen LogP contribution in [0.1, 0.15) is 27.7 Å². The van der Waals surface area contributed by atoms with E-state index < -0.39 is 0 Å². The number of para-hydroxylation sites is 1. The molecule has 0 radical (unpaired) electrons. The fourth-order valence-electron chi connectivity index (χ4n) is 5.95. The van der Waals surface area contributed by atoms with E-state index >= 15 is 0 Å². The predicted molar refractivity (Wildman–Crippen MR) is 171 cm³/mol. The lowest BCUT2D eigenvalue weighted by molar-refractivity contribution is -0.0527. The third-order valence-electron chi connectivity index (χ3n) is 8.35. The fourth-order valence-corrected chi connectivity index (χ4v) is 5.95. The Morgan fingerprint density at radius 2 is 1.22 bits per heavy atom. The van der Waals surface area contributed by atoms with E-state index in [4.69, 9.17) is 9.47 Å². The van der Waals surface area contributed by atoms with Gasteiger partial charge in [0.05, 0.1) is 7.11 Å². The van der Waals surface area contributed by atoms with E-state index in [-0.39, 0.29) is 11.1 Å². The molecule has 1 saturated heterocycles. The smallest absolute Gasteiger partial charge is 0.120 e. The first-order valence-electron chi connectivity index (χ1n) is 14.5. The Kier molecular flexibility index (Phi) is 8.39. The normalized spacial score (nSPS) is 16.7. The lowest BCUT2D eigenvalue weighted by atomic mass is 9.88. The number of methoxy groups -OCH3 is 1. The topological polar surface area (TPSA) is 28.2 Å². The van der Waals surface area contributed by atoms with Gasteiger partial charge >= 0.3 is 0 Å². The van der Waals surface area contributed by atoms with Crippen molar-refractivity contribution in [2.24, 2.45) is 0 Å². The van der Waals surface area contributed by atoms with Crippen molar-refractivity contribution in [2.75, 3.05) is 45.3 Å². The molecule has 1 heterocycles. The first kappa shape index (κ1) is 28.7. The lowest BCUT2D eigenvalue weighted by Crippen LogP contribution is -2.67. The average Bonchev–Trinajstić information content (AvgIpc) is 2.97. The summed E-state index contributed by atoms with van der Waals surface area (Å²) in [5.74, 6) is 1.74. The Hall–Kier alpha value is -3.80. The van der Waals surface area contributed by atoms with Gasteiger partial charge in [0.2, 0.25) is 0 Å². The van der Waals surface area contributed by atoms with Gasteiger partial charge in [-0.2, -0.15) is 0 Å². The summed E-state index contributed by atoms with van der Waals surface area (Å²) in [6.45, 7) is 13.0. The summed E-state index contributed by atoms with van der Waals surface area (Å²) in [7, 11) is 3.94. The zero-order chi connectivity index (χ0) is 29.0. The van der Waals surface area contributed by atoms with E-state index in [2.05, 4.69) is 134 Å². The van der Waals surface area contributed by atoms with Gasteiger partial charge in [0.1, 0.15) is 18.1 Å². The van der Waals surface area contributed by atoms with Crippen molar-refractivity contribution in [3.8, 4) is 22.6 Å². The van der Waals surface area contributed by atoms with Crippen LogP contribution in [0.2, 0.25) is 0 Å². The highest BCUT2D eigenvalue weighted by Crippen LogP contribution is 2.37. The van der Waals surface area contributed by atoms with Crippen molar-refractivity contribution in [1.29, 1.82) is 0 Å². The van der Waals surface area contributed by atoms with Crippen molar-refractivity contribution in [3.63, 3.8) is 0 Å². The molecule has 4 aromatic carbocycles. The molecule has 4 aromatic rings. The molecule has 41 heavy (non-hydrogen) atoms. The standard InChI is InChI=1S/C36H43N3O2/c1-35(2)26-38(27-36(3,4)37(35)5)23-24-41-33-21-17-29(18-22-33)28-15-19-31(20-16-28)39(30-11-8-7-9-12-30)32-13-10-14-34(25-32)40-6/h7-22,25H,23-24,26-27H2,1-6H3. The molecule has 0 aliphatic carbocycles. The molecule has 0 amide bonds. The maximum absolute atomic E-state index is 6.16. The summed E-state index contributed by atoms with van der Waals surface area (Å²) in [5.41, 5.74) is 5.85. The lowest BCUT2D eigenvalue weighted by Gasteiger charge is -2.54. The van der Waals surface area contributed by atoms with E-state index in [9.17, 15) is 0 Å². The van der Waals surface area contributed by atoms with Crippen molar-refractivity contribution >= 4 is 17.1 Å². The number of ether oxygens (including phenoxy) is 2. The van der Waals surface area contributed by atoms with Crippen LogP contribution < -0.4 is 14.4 Å². The molecule has 1 aliphatic heterocycles. The number of nitrogens with zero attached hydrogens (tertiary/aromatic N) is 3. The summed E-state index contributed by atoms with van der Waals surface area (Å²) >= 11 is 0. The third-order valence-corrected chi connectivity index (χ3v) is 8.35. The second kappa shape index (κ2) is 12.0. The van der Waals surface area contributed by atoms with Crippen LogP contribution in [-0.4, -0.2) is 61.3 Å². The van der Waals surface area contributed by atoms with Gasteiger partial charge in [-0.05, 0) is 94.4 Å². The summed E-state index contributed by atoms with van der Waals surface area (Å²) in [6, 6.07) is 35.7. The quantitative estimate of drug-likeness (QED) is 0.211. The first-order chi connectivity index (χ1) is 19.7. The van der Waals surface area contributed by atoms with E-state index in [0.717, 1.165) is 48.2 Å². The minimum atomic E-state index is 0.144. The predicted octanol–water partition coefficient (Wildman–Crippen LogP) is 8.02. The monoisotopic (exact) mass is 549 g/mol. The molecule has 0 N–H and O–H groups in total. The fraction of sp³-hybridized carbons (Fsp3) is 0.333. The molecular formula is C36H43N3O2. The zero-order valence-corrected chi connectivity index (χ0v) is 25.3. The second-order valence-electron chi connectivity index (χ2n) is 12.2. The molecular weight excluding hydrogens is 506 g/mol. The SMILES string of the molecule is COc1cccc(N(c2ccccc2)c2ccc(-c3ccc(OCCN4CC(C)(C)N(C)C(C)(C)C4)cc3)cc2)c1. The molecule has 0 spiro atoms. The Morgan fingerprint density at radius 3 is 1.83 bits per heavy atom. The van der Waals surface area contributed by atoms with E-state index in [1.54, 1.807) is 7.11 Å². The van der Waals surface area contributed by atoms with Gasteiger partial charge in [-0.15, -0.1) is 0 Å². The summed E-state index contributed by atoms with van der Waals surface area (Å²) in [4.78, 5) is 7.27. The molecule has 214 valence electrons. The van der Waals surface area contributed by atoms with Crippen molar-refractivity contribution in [3.05, 3.63) is 103 Å². The van der Waals surface area contributed by atoms with Gasteiger partial charge in [-0.1, -0.05) is 48.5 Å². The highest BCUT2D eigenvalue weighted by atomic mass is 16.5. The molecule has 0 aromatic heterocycles. The molecule has 1 aliphatic rings. The summed E-state index contributed by atoms with van der Waals surface area (Å²) < 4.78 is 11.7. The highest BCUT2D eigenvalue weighted by molar-refractivity contribution is 5.78. The Bertz CT molecular complexity index is 1400. The number of hydrogen-bond acceptors (Lipinski definition) is 5. The van der Waals surface area contributed by atoms with Gasteiger partial charge in [0.25, 0.3) is 0 Å². The van der Waals surface area contributed by atoms with Crippen molar-refractivity contribution < 1.29 is 9.47 Å². The first-order valence-corrected chi connectivity index (χ1v) is 14.5. The largest absolute Gasteiger partial charge is 0.497 e. The van der Waals surface area contributed by atoms with Gasteiger partial charge in [-0.25, -0.2) is 0 Å². The van der Waals surface area contributed by atoms with Crippen LogP contribution >= 0.6 is 0 Å². The number of benzene rings is 4. The van der Waals surface area contributed by atoms with E-state index in [1.807, 2.05) is 18.2 Å². The van der Waals surface area contributed by atoms with Crippen LogP contribution in [0.4, 0.5) is 17.1 Å². The number of likely N-dealkylation sites (N-methyl/N-ethyl adjacent to an activating group) is 1. The van der Waals surface area contributed by atoms with Crippen LogP contribution in [0.15, 0.2) is 103 Å². The van der Waals surface area contributed by atoms with Gasteiger partial charge in [-0.3, -0.25) is 9.80 Å². The third kappa shape index (κ3) is 6.58. The van der Waals surface area contributed by atoms with Crippen LogP contribution in [-0.2, 0) is 0 Å². The highest BCUT2D eigenvalue weighted by Gasteiger charge is 2.41. The van der Waals surface area contributed by atoms with Crippen LogP contribution in [0.3, 0.4) is 0 Å². The summed E-state index contributed by atoms with van der Waals surface area (Å²) in [6.07, 6.45) is 0. The van der Waals surface area contributed by atoms with Crippen molar-refractivity contribution in [2.45, 2.75) is 38.8 Å². The van der Waals surface area contributed by atoms with Crippen LogP contribution in [0.5, 0.6) is 11.5 Å². The number of hydrogen-bond donors (Lipinski definition) is 0. The molecule has 5 nitrogen and oxygen atoms in total. The maximum Gasteiger partial charge on any atom is 0.120 e. The second-order valence-corrected chi connectivity index (χ2v) is 12.2. The van der Waals surface area contributed by atoms with Gasteiger partial charge < -0.3 is 14.4 Å². The Labute approximate surface area is 245 Å².